The number of rotatable bonds is 7. The molecule has 2 heterocycles. The zero-order chi connectivity index (χ0) is 22.3. The molecule has 0 unspecified atom stereocenters. The Balaban J connectivity index is 1.47. The summed E-state index contributed by atoms with van der Waals surface area (Å²) in [7, 11) is 0. The van der Waals surface area contributed by atoms with E-state index in [9.17, 15) is 9.59 Å². The Kier molecular flexibility index (Phi) is 7.21. The molecule has 0 spiro atoms. The number of thiophene rings is 1. The van der Waals surface area contributed by atoms with Gasteiger partial charge in [0.1, 0.15) is 0 Å². The van der Waals surface area contributed by atoms with Crippen LogP contribution in [-0.2, 0) is 11.3 Å². The first-order chi connectivity index (χ1) is 15.6. The molecule has 0 radical (unpaired) electrons. The fourth-order valence-electron chi connectivity index (χ4n) is 2.88. The summed E-state index contributed by atoms with van der Waals surface area (Å²) < 4.78 is 1.96. The molecule has 162 valence electrons. The first-order valence-electron chi connectivity index (χ1n) is 9.59. The summed E-state index contributed by atoms with van der Waals surface area (Å²) in [6, 6.07) is 20.8. The molecular formula is C22H18ClN5O2S2. The van der Waals surface area contributed by atoms with Crippen LogP contribution in [0.25, 0.3) is 11.4 Å². The van der Waals surface area contributed by atoms with E-state index >= 15 is 0 Å². The lowest BCUT2D eigenvalue weighted by Crippen LogP contribution is -2.42. The number of nitrogens with one attached hydrogen (secondary N) is 2. The average Bonchev–Trinajstić information content (AvgIpc) is 3.48. The van der Waals surface area contributed by atoms with Gasteiger partial charge in [-0.05, 0) is 41.3 Å². The molecule has 4 rings (SSSR count). The highest BCUT2D eigenvalue weighted by Crippen LogP contribution is 2.26. The van der Waals surface area contributed by atoms with E-state index in [1.807, 2.05) is 47.0 Å². The fourth-order valence-corrected chi connectivity index (χ4v) is 4.36. The number of aromatic nitrogens is 3. The topological polar surface area (TPSA) is 88.9 Å². The third-order valence-corrected chi connectivity index (χ3v) is 6.48. The minimum absolute atomic E-state index is 0.0677. The van der Waals surface area contributed by atoms with Crippen LogP contribution in [0, 0.1) is 0 Å². The van der Waals surface area contributed by atoms with Crippen LogP contribution < -0.4 is 10.9 Å². The third kappa shape index (κ3) is 5.56. The largest absolute Gasteiger partial charge is 0.298 e. The number of nitrogens with zero attached hydrogens (tertiary/aromatic N) is 3. The van der Waals surface area contributed by atoms with Crippen LogP contribution in [0.3, 0.4) is 0 Å². The van der Waals surface area contributed by atoms with E-state index in [1.54, 1.807) is 29.6 Å². The maximum atomic E-state index is 12.3. The van der Waals surface area contributed by atoms with Crippen molar-refractivity contribution in [2.24, 2.45) is 0 Å². The van der Waals surface area contributed by atoms with Crippen LogP contribution in [0.2, 0.25) is 5.02 Å². The second-order valence-electron chi connectivity index (χ2n) is 6.65. The lowest BCUT2D eigenvalue weighted by atomic mass is 10.2. The van der Waals surface area contributed by atoms with Crippen molar-refractivity contribution in [3.8, 4) is 11.4 Å². The lowest BCUT2D eigenvalue weighted by Gasteiger charge is -2.11. The maximum Gasteiger partial charge on any atom is 0.279 e. The molecule has 2 amide bonds. The van der Waals surface area contributed by atoms with Crippen LogP contribution in [0.1, 0.15) is 15.2 Å². The van der Waals surface area contributed by atoms with Gasteiger partial charge < -0.3 is 0 Å². The van der Waals surface area contributed by atoms with Crippen molar-refractivity contribution in [1.82, 2.24) is 25.6 Å². The summed E-state index contributed by atoms with van der Waals surface area (Å²) in [5.74, 6) is 0.0513. The summed E-state index contributed by atoms with van der Waals surface area (Å²) in [5, 5.41) is 11.7. The van der Waals surface area contributed by atoms with Gasteiger partial charge >= 0.3 is 0 Å². The van der Waals surface area contributed by atoms with E-state index in [4.69, 9.17) is 11.6 Å². The van der Waals surface area contributed by atoms with Crippen molar-refractivity contribution in [1.29, 1.82) is 0 Å². The van der Waals surface area contributed by atoms with E-state index < -0.39 is 0 Å². The highest BCUT2D eigenvalue weighted by molar-refractivity contribution is 7.99. The number of hydrogen-bond acceptors (Lipinski definition) is 6. The van der Waals surface area contributed by atoms with Crippen molar-refractivity contribution in [2.45, 2.75) is 11.7 Å². The molecule has 0 bridgehead atoms. The molecule has 0 aliphatic carbocycles. The maximum absolute atomic E-state index is 12.3. The Morgan fingerprint density at radius 1 is 0.969 bits per heavy atom. The quantitative estimate of drug-likeness (QED) is 0.303. The van der Waals surface area contributed by atoms with Crippen LogP contribution in [-0.4, -0.2) is 32.3 Å². The number of amides is 2. The van der Waals surface area contributed by atoms with Gasteiger partial charge in [-0.25, -0.2) is 0 Å². The molecule has 7 nitrogen and oxygen atoms in total. The van der Waals surface area contributed by atoms with Crippen LogP contribution in [0.4, 0.5) is 0 Å². The molecule has 10 heteroatoms. The van der Waals surface area contributed by atoms with Gasteiger partial charge in [-0.3, -0.25) is 25.0 Å². The Labute approximate surface area is 197 Å². The van der Waals surface area contributed by atoms with Gasteiger partial charge in [-0.2, -0.15) is 0 Å². The standard InChI is InChI=1S/C22H18ClN5O2S2/c23-17-10-8-16(9-11-17)20-25-27-22(28(20)13-15-5-2-1-3-6-15)32-14-19(29)24-26-21(30)18-7-4-12-31-18/h1-12H,13-14H2,(H,24,29)(H,26,30). The van der Waals surface area contributed by atoms with Gasteiger partial charge in [0.05, 0.1) is 17.2 Å². The van der Waals surface area contributed by atoms with Crippen molar-refractivity contribution in [3.05, 3.63) is 87.6 Å². The first kappa shape index (κ1) is 22.1. The monoisotopic (exact) mass is 483 g/mol. The third-order valence-electron chi connectivity index (χ3n) is 4.40. The Bertz CT molecular complexity index is 1200. The molecule has 2 N–H and O–H groups in total. The second-order valence-corrected chi connectivity index (χ2v) is 8.98. The molecule has 2 aromatic carbocycles. The molecule has 32 heavy (non-hydrogen) atoms. The highest BCUT2D eigenvalue weighted by Gasteiger charge is 2.17. The predicted octanol–water partition coefficient (Wildman–Crippen LogP) is 4.26. The molecule has 0 aliphatic heterocycles. The Hall–Kier alpha value is -3.14. The summed E-state index contributed by atoms with van der Waals surface area (Å²) in [6.07, 6.45) is 0. The van der Waals surface area contributed by atoms with Crippen molar-refractivity contribution in [3.63, 3.8) is 0 Å². The van der Waals surface area contributed by atoms with Gasteiger partial charge in [0.25, 0.3) is 5.91 Å². The van der Waals surface area contributed by atoms with Gasteiger partial charge in [0, 0.05) is 10.6 Å². The minimum atomic E-state index is -0.351. The zero-order valence-electron chi connectivity index (χ0n) is 16.7. The molecule has 0 saturated carbocycles. The molecule has 2 aromatic heterocycles. The fraction of sp³-hybridized carbons (Fsp3) is 0.0909. The second kappa shape index (κ2) is 10.4. The van der Waals surface area contributed by atoms with E-state index in [1.165, 1.54) is 23.1 Å². The number of benzene rings is 2. The van der Waals surface area contributed by atoms with E-state index in [0.717, 1.165) is 11.1 Å². The van der Waals surface area contributed by atoms with Crippen LogP contribution in [0.15, 0.2) is 77.3 Å². The average molecular weight is 484 g/mol. The van der Waals surface area contributed by atoms with Crippen molar-refractivity contribution in [2.75, 3.05) is 5.75 Å². The number of hydrazine groups is 1. The van der Waals surface area contributed by atoms with E-state index in [2.05, 4.69) is 21.0 Å². The predicted molar refractivity (Wildman–Crippen MR) is 127 cm³/mol. The lowest BCUT2D eigenvalue weighted by molar-refractivity contribution is -0.119. The number of carbonyl (C=O) groups excluding carboxylic acids is 2. The van der Waals surface area contributed by atoms with E-state index in [-0.39, 0.29) is 17.6 Å². The molecule has 0 atom stereocenters. The van der Waals surface area contributed by atoms with Gasteiger partial charge in [0.2, 0.25) is 5.91 Å². The number of hydrogen-bond donors (Lipinski definition) is 2. The Morgan fingerprint density at radius 2 is 1.75 bits per heavy atom. The van der Waals surface area contributed by atoms with Crippen LogP contribution >= 0.6 is 34.7 Å². The smallest absolute Gasteiger partial charge is 0.279 e. The summed E-state index contributed by atoms with van der Waals surface area (Å²) >= 11 is 8.57. The number of carbonyl (C=O) groups is 2. The first-order valence-corrected chi connectivity index (χ1v) is 11.8. The molecule has 0 aliphatic rings. The SMILES string of the molecule is O=C(CSc1nnc(-c2ccc(Cl)cc2)n1Cc1ccccc1)NNC(=O)c1cccs1. The Morgan fingerprint density at radius 3 is 2.47 bits per heavy atom. The minimum Gasteiger partial charge on any atom is -0.298 e. The number of halogens is 1. The summed E-state index contributed by atoms with van der Waals surface area (Å²) in [4.78, 5) is 24.7. The highest BCUT2D eigenvalue weighted by atomic mass is 35.5. The van der Waals surface area contributed by atoms with Crippen LogP contribution in [0.5, 0.6) is 0 Å². The van der Waals surface area contributed by atoms with Gasteiger partial charge in [-0.15, -0.1) is 21.5 Å². The summed E-state index contributed by atoms with van der Waals surface area (Å²) in [5.41, 5.74) is 6.80. The normalized spacial score (nSPS) is 10.7. The van der Waals surface area contributed by atoms with Gasteiger partial charge in [0.15, 0.2) is 11.0 Å². The van der Waals surface area contributed by atoms with Gasteiger partial charge in [-0.1, -0.05) is 59.8 Å². The summed E-state index contributed by atoms with van der Waals surface area (Å²) in [6.45, 7) is 0.546. The van der Waals surface area contributed by atoms with Crippen molar-refractivity contribution >= 4 is 46.5 Å². The molecular weight excluding hydrogens is 466 g/mol. The molecule has 0 saturated heterocycles. The van der Waals surface area contributed by atoms with E-state index in [0.29, 0.717) is 27.4 Å². The van der Waals surface area contributed by atoms with Crippen molar-refractivity contribution < 1.29 is 9.59 Å². The number of thioether (sulfide) groups is 1. The molecule has 4 aromatic rings. The zero-order valence-corrected chi connectivity index (χ0v) is 19.1. The molecule has 0 fully saturated rings.